The zero-order chi connectivity index (χ0) is 75.6. The average molecular weight is 1580 g/mol. The highest BCUT2D eigenvalue weighted by atomic mass is 127. The number of para-hydroxylation sites is 1. The van der Waals surface area contributed by atoms with Crippen LogP contribution in [0.2, 0.25) is 0 Å². The Balaban J connectivity index is 0.836. The maximum absolute atomic E-state index is 14.2. The number of carboxylic acid groups (broad SMARTS) is 1. The molecule has 6 N–H and O–H groups in total. The van der Waals surface area contributed by atoms with E-state index in [0.717, 1.165) is 33.2 Å². The van der Waals surface area contributed by atoms with Crippen LogP contribution in [0.4, 0.5) is 5.69 Å². The average Bonchev–Trinajstić information content (AvgIpc) is 1.68. The number of carbonyl (C=O) groups is 10. The molecule has 2 aliphatic heterocycles. The van der Waals surface area contributed by atoms with Crippen LogP contribution in [0.1, 0.15) is 88.7 Å². The molecular formula is C73H106IN13O18. The Morgan fingerprint density at radius 2 is 1.04 bits per heavy atom. The third-order valence-electron chi connectivity index (χ3n) is 17.6. The van der Waals surface area contributed by atoms with Crippen molar-refractivity contribution in [3.63, 3.8) is 0 Å². The SMILES string of the molecule is CCCC(NC(=O)CCOCCOCCOCCOCCNC(=O)CCC(=O)N1Cc2ccccc2-c2c(nnn2CCCNC(=O)CN2CCN(CC(=O)OC)CCN(CC(=O)OC)CCN(CC(=O)OC)CC2)-c2ccccc21)C(=O)NC(CCCCNC(=O)CCCc1ccc(I)cc1)C(=O)O. The van der Waals surface area contributed by atoms with Gasteiger partial charge in [0.15, 0.2) is 0 Å². The number of benzene rings is 3. The van der Waals surface area contributed by atoms with Gasteiger partial charge in [-0.15, -0.1) is 5.10 Å². The van der Waals surface area contributed by atoms with Crippen molar-refractivity contribution in [2.24, 2.45) is 0 Å². The quantitative estimate of drug-likeness (QED) is 0.0160. The Kier molecular flexibility index (Phi) is 40.0. The van der Waals surface area contributed by atoms with Gasteiger partial charge in [0.05, 0.1) is 118 Å². The van der Waals surface area contributed by atoms with Crippen LogP contribution in [0.5, 0.6) is 0 Å². The van der Waals surface area contributed by atoms with Crippen molar-refractivity contribution in [2.45, 2.75) is 109 Å². The van der Waals surface area contributed by atoms with E-state index < -0.39 is 47.8 Å². The largest absolute Gasteiger partial charge is 0.480 e. The lowest BCUT2D eigenvalue weighted by atomic mass is 9.95. The zero-order valence-electron chi connectivity index (χ0n) is 61.1. The summed E-state index contributed by atoms with van der Waals surface area (Å²) in [6.45, 7) is 8.95. The Labute approximate surface area is 628 Å². The van der Waals surface area contributed by atoms with Crippen LogP contribution in [0.25, 0.3) is 22.5 Å². The van der Waals surface area contributed by atoms with Crippen molar-refractivity contribution < 1.29 is 86.2 Å². The number of unbranched alkanes of at least 4 members (excludes halogenated alkanes) is 1. The Hall–Kier alpha value is -8.09. The lowest BCUT2D eigenvalue weighted by Crippen LogP contribution is -2.51. The second kappa shape index (κ2) is 48.9. The number of carbonyl (C=O) groups excluding carboxylic acids is 9. The predicted octanol–water partition coefficient (Wildman–Crippen LogP) is 2.83. The number of hydrogen-bond donors (Lipinski definition) is 6. The zero-order valence-corrected chi connectivity index (χ0v) is 63.2. The standard InChI is InChI=1S/C73H106IN13O18/c1-5-14-59(72(96)79-60(73(97)98)19-10-11-29-75-62(88)21-12-15-54-22-24-56(74)25-23-54)78-64(90)28-41-102-43-45-104-47-48-105-46-44-103-42-31-77-63(89)26-27-66(92)86-49-55-16-6-7-17-57(55)71-70(58-18-8-9-20-61(58)86)80-81-87(71)32-13-30-76-65(91)50-82-33-35-83(51-67(93)99-2)37-39-85(53-69(95)101-4)40-38-84(36-34-82)52-68(94)100-3/h6-9,16-18,20,22-25,59-60H,5,10-15,19,21,26-53H2,1-4H3,(H,75,88)(H,76,91)(H,77,89)(H,78,90)(H,79,96)(H,97,98). The van der Waals surface area contributed by atoms with Crippen molar-refractivity contribution in [2.75, 3.05) is 177 Å². The van der Waals surface area contributed by atoms with E-state index in [4.69, 9.17) is 33.2 Å². The van der Waals surface area contributed by atoms with Gasteiger partial charge in [0.1, 0.15) is 17.8 Å². The number of halogens is 1. The molecule has 105 heavy (non-hydrogen) atoms. The number of aliphatic carboxylic acids is 1. The van der Waals surface area contributed by atoms with Gasteiger partial charge in [-0.1, -0.05) is 73.2 Å². The van der Waals surface area contributed by atoms with Gasteiger partial charge in [-0.2, -0.15) is 0 Å². The molecule has 1 fully saturated rings. The second-order valence-electron chi connectivity index (χ2n) is 25.4. The summed E-state index contributed by atoms with van der Waals surface area (Å²) in [6.07, 6.45) is 4.38. The number of hydrogen-bond acceptors (Lipinski definition) is 23. The number of fused-ring (bicyclic) bond motifs is 5. The van der Waals surface area contributed by atoms with Crippen molar-refractivity contribution in [3.05, 3.63) is 87.5 Å². The summed E-state index contributed by atoms with van der Waals surface area (Å²) in [4.78, 5) is 138. The number of methoxy groups -OCH3 is 3. The van der Waals surface area contributed by atoms with Gasteiger partial charge in [0, 0.05) is 119 Å². The highest BCUT2D eigenvalue weighted by molar-refractivity contribution is 14.1. The summed E-state index contributed by atoms with van der Waals surface area (Å²) in [5, 5.41) is 33.1. The molecule has 2 unspecified atom stereocenters. The van der Waals surface area contributed by atoms with Crippen LogP contribution in [0.15, 0.2) is 72.8 Å². The molecule has 0 radical (unpaired) electrons. The fourth-order valence-corrected chi connectivity index (χ4v) is 12.1. The van der Waals surface area contributed by atoms with Gasteiger partial charge in [0.25, 0.3) is 0 Å². The molecule has 6 rings (SSSR count). The Bertz CT molecular complexity index is 3350. The van der Waals surface area contributed by atoms with E-state index in [9.17, 15) is 53.1 Å². The van der Waals surface area contributed by atoms with Crippen molar-refractivity contribution in [1.82, 2.24) is 61.2 Å². The van der Waals surface area contributed by atoms with Crippen LogP contribution in [0.3, 0.4) is 0 Å². The van der Waals surface area contributed by atoms with E-state index in [2.05, 4.69) is 71.6 Å². The minimum absolute atomic E-state index is 0.0137. The number of carboxylic acids is 1. The van der Waals surface area contributed by atoms with E-state index >= 15 is 0 Å². The summed E-state index contributed by atoms with van der Waals surface area (Å²) in [5.74, 6) is -4.21. The molecule has 0 bridgehead atoms. The highest BCUT2D eigenvalue weighted by Gasteiger charge is 2.31. The van der Waals surface area contributed by atoms with Crippen LogP contribution < -0.4 is 31.5 Å². The van der Waals surface area contributed by atoms with E-state index in [0.29, 0.717) is 141 Å². The first-order valence-electron chi connectivity index (χ1n) is 36.1. The summed E-state index contributed by atoms with van der Waals surface area (Å²) in [7, 11) is 3.98. The molecule has 31 nitrogen and oxygen atoms in total. The monoisotopic (exact) mass is 1580 g/mol. The molecule has 32 heteroatoms. The lowest BCUT2D eigenvalue weighted by Gasteiger charge is -2.33. The lowest BCUT2D eigenvalue weighted by molar-refractivity contribution is -0.144. The number of ether oxygens (including phenoxy) is 7. The minimum atomic E-state index is -1.18. The molecule has 2 aliphatic rings. The second-order valence-corrected chi connectivity index (χ2v) is 26.6. The van der Waals surface area contributed by atoms with Crippen LogP contribution >= 0.6 is 22.6 Å². The Morgan fingerprint density at radius 3 is 1.63 bits per heavy atom. The molecule has 3 heterocycles. The van der Waals surface area contributed by atoms with Gasteiger partial charge >= 0.3 is 23.9 Å². The number of esters is 3. The number of amides is 6. The maximum atomic E-state index is 14.2. The number of aromatic nitrogens is 3. The van der Waals surface area contributed by atoms with Crippen molar-refractivity contribution in [3.8, 4) is 22.5 Å². The van der Waals surface area contributed by atoms with Crippen LogP contribution in [0, 0.1) is 3.57 Å². The van der Waals surface area contributed by atoms with E-state index in [1.165, 1.54) is 26.9 Å². The number of anilines is 1. The molecular weight excluding hydrogens is 1470 g/mol. The summed E-state index contributed by atoms with van der Waals surface area (Å²) in [5.41, 5.74) is 5.52. The Morgan fingerprint density at radius 1 is 0.514 bits per heavy atom. The summed E-state index contributed by atoms with van der Waals surface area (Å²) < 4.78 is 40.2. The van der Waals surface area contributed by atoms with Gasteiger partial charge in [-0.3, -0.25) is 62.8 Å². The topological polar surface area (TPSA) is 363 Å². The molecule has 0 aliphatic carbocycles. The minimum Gasteiger partial charge on any atom is -0.480 e. The molecule has 1 saturated heterocycles. The first-order chi connectivity index (χ1) is 50.9. The fourth-order valence-electron chi connectivity index (χ4n) is 11.7. The van der Waals surface area contributed by atoms with Gasteiger partial charge < -0.3 is 69.7 Å². The van der Waals surface area contributed by atoms with E-state index in [-0.39, 0.29) is 128 Å². The third-order valence-corrected chi connectivity index (χ3v) is 18.3. The van der Waals surface area contributed by atoms with E-state index in [1.807, 2.05) is 91.9 Å². The number of nitrogens with zero attached hydrogens (tertiary/aromatic N) is 8. The normalized spacial score (nSPS) is 14.4. The van der Waals surface area contributed by atoms with Gasteiger partial charge in [-0.25, -0.2) is 9.48 Å². The first-order valence-corrected chi connectivity index (χ1v) is 37.2. The number of aryl methyl sites for hydroxylation is 2. The van der Waals surface area contributed by atoms with Gasteiger partial charge in [-0.05, 0) is 96.9 Å². The van der Waals surface area contributed by atoms with Crippen molar-refractivity contribution >= 4 is 87.6 Å². The smallest absolute Gasteiger partial charge is 0.326 e. The van der Waals surface area contributed by atoms with Crippen LogP contribution in [-0.4, -0.2) is 283 Å². The van der Waals surface area contributed by atoms with E-state index in [1.54, 1.807) is 4.90 Å². The molecule has 0 saturated carbocycles. The molecule has 578 valence electrons. The molecule has 3 aromatic carbocycles. The molecule has 1 aromatic heterocycles. The van der Waals surface area contributed by atoms with Crippen LogP contribution in [-0.2, 0) is 101 Å². The molecule has 6 amide bonds. The number of nitrogens with one attached hydrogen (secondary N) is 5. The molecule has 0 spiro atoms. The maximum Gasteiger partial charge on any atom is 0.326 e. The van der Waals surface area contributed by atoms with Gasteiger partial charge in [0.2, 0.25) is 35.4 Å². The summed E-state index contributed by atoms with van der Waals surface area (Å²) >= 11 is 2.25. The molecule has 4 aromatic rings. The first kappa shape index (κ1) is 85.8. The fraction of sp³-hybridized carbons (Fsp3) is 0.589. The highest BCUT2D eigenvalue weighted by Crippen LogP contribution is 2.41. The molecule has 2 atom stereocenters. The predicted molar refractivity (Wildman–Crippen MR) is 397 cm³/mol. The van der Waals surface area contributed by atoms with Crippen molar-refractivity contribution in [1.29, 1.82) is 0 Å². The third kappa shape index (κ3) is 32.3. The number of rotatable bonds is 45. The summed E-state index contributed by atoms with van der Waals surface area (Å²) in [6, 6.07) is 21.3.